The van der Waals surface area contributed by atoms with Crippen LogP contribution in [0.3, 0.4) is 0 Å². The fourth-order valence-corrected chi connectivity index (χ4v) is 3.03. The molecular formula is C17H24N4. The average molecular weight is 284 g/mol. The third-order valence-electron chi connectivity index (χ3n) is 4.21. The zero-order valence-electron chi connectivity index (χ0n) is 12.8. The molecule has 112 valence electrons. The van der Waals surface area contributed by atoms with E-state index in [4.69, 9.17) is 0 Å². The van der Waals surface area contributed by atoms with Crippen LogP contribution in [0.4, 0.5) is 5.69 Å². The molecule has 0 saturated heterocycles. The van der Waals surface area contributed by atoms with Crippen molar-refractivity contribution in [3.63, 3.8) is 0 Å². The number of rotatable bonds is 7. The molecule has 1 aromatic heterocycles. The topological polar surface area (TPSA) is 33.1 Å². The number of nitrogens with zero attached hydrogens (tertiary/aromatic N) is 3. The van der Waals surface area contributed by atoms with Gasteiger partial charge in [0.1, 0.15) is 0 Å². The highest BCUT2D eigenvalue weighted by Gasteiger charge is 2.17. The number of hydrogen-bond acceptors (Lipinski definition) is 3. The number of fused-ring (bicyclic) bond motifs is 1. The van der Waals surface area contributed by atoms with E-state index < -0.39 is 0 Å². The Morgan fingerprint density at radius 3 is 3.10 bits per heavy atom. The SMILES string of the molecule is CCn1cncc1CNCCCN1CCc2ccccc21. The quantitative estimate of drug-likeness (QED) is 0.793. The van der Waals surface area contributed by atoms with Gasteiger partial charge >= 0.3 is 0 Å². The van der Waals surface area contributed by atoms with Gasteiger partial charge in [0.2, 0.25) is 0 Å². The third-order valence-corrected chi connectivity index (χ3v) is 4.21. The molecule has 0 aliphatic carbocycles. The number of nitrogens with one attached hydrogen (secondary N) is 1. The molecule has 0 fully saturated rings. The summed E-state index contributed by atoms with van der Waals surface area (Å²) in [5, 5.41) is 3.52. The molecule has 4 heteroatoms. The predicted molar refractivity (Wildman–Crippen MR) is 86.6 cm³/mol. The van der Waals surface area contributed by atoms with E-state index in [2.05, 4.69) is 51.0 Å². The molecule has 1 aromatic carbocycles. The summed E-state index contributed by atoms with van der Waals surface area (Å²) in [6.07, 6.45) is 6.22. The Kier molecular flexibility index (Phi) is 4.55. The highest BCUT2D eigenvalue weighted by molar-refractivity contribution is 5.57. The second-order valence-corrected chi connectivity index (χ2v) is 5.57. The molecule has 0 atom stereocenters. The van der Waals surface area contributed by atoms with Crippen LogP contribution in [0.5, 0.6) is 0 Å². The second-order valence-electron chi connectivity index (χ2n) is 5.57. The van der Waals surface area contributed by atoms with Gasteiger partial charge in [0.15, 0.2) is 0 Å². The van der Waals surface area contributed by atoms with Crippen molar-refractivity contribution in [3.05, 3.63) is 48.0 Å². The molecule has 2 aromatic rings. The molecule has 2 heterocycles. The lowest BCUT2D eigenvalue weighted by atomic mass is 10.2. The number of aryl methyl sites for hydroxylation is 1. The molecule has 0 bridgehead atoms. The highest BCUT2D eigenvalue weighted by Crippen LogP contribution is 2.27. The minimum Gasteiger partial charge on any atom is -0.371 e. The van der Waals surface area contributed by atoms with Crippen molar-refractivity contribution >= 4 is 5.69 Å². The maximum Gasteiger partial charge on any atom is 0.0948 e. The van der Waals surface area contributed by atoms with Crippen LogP contribution in [0.1, 0.15) is 24.6 Å². The van der Waals surface area contributed by atoms with Crippen molar-refractivity contribution in [2.24, 2.45) is 0 Å². The monoisotopic (exact) mass is 284 g/mol. The maximum absolute atomic E-state index is 4.19. The number of anilines is 1. The fraction of sp³-hybridized carbons (Fsp3) is 0.471. The summed E-state index contributed by atoms with van der Waals surface area (Å²) in [4.78, 5) is 6.70. The Labute approximate surface area is 126 Å². The Bertz CT molecular complexity index is 576. The minimum absolute atomic E-state index is 0.907. The lowest BCUT2D eigenvalue weighted by Gasteiger charge is -2.19. The molecule has 4 nitrogen and oxygen atoms in total. The molecule has 0 amide bonds. The first-order chi connectivity index (χ1) is 10.4. The van der Waals surface area contributed by atoms with Crippen LogP contribution >= 0.6 is 0 Å². The van der Waals surface area contributed by atoms with Crippen LogP contribution in [0.2, 0.25) is 0 Å². The highest BCUT2D eigenvalue weighted by atomic mass is 15.1. The lowest BCUT2D eigenvalue weighted by molar-refractivity contribution is 0.604. The Balaban J connectivity index is 1.40. The van der Waals surface area contributed by atoms with Gasteiger partial charge in [-0.2, -0.15) is 0 Å². The van der Waals surface area contributed by atoms with Crippen LogP contribution in [0, 0.1) is 0 Å². The zero-order chi connectivity index (χ0) is 14.5. The van der Waals surface area contributed by atoms with E-state index in [-0.39, 0.29) is 0 Å². The van der Waals surface area contributed by atoms with Crippen LogP contribution in [-0.2, 0) is 19.5 Å². The molecule has 3 rings (SSSR count). The summed E-state index contributed by atoms with van der Waals surface area (Å²) in [5.74, 6) is 0. The third kappa shape index (κ3) is 3.27. The summed E-state index contributed by atoms with van der Waals surface area (Å²) >= 11 is 0. The molecule has 1 aliphatic heterocycles. The molecule has 0 unspecified atom stereocenters. The number of benzene rings is 1. The van der Waals surface area contributed by atoms with E-state index in [1.54, 1.807) is 0 Å². The molecule has 0 saturated carbocycles. The van der Waals surface area contributed by atoms with Gasteiger partial charge in [-0.05, 0) is 37.9 Å². The zero-order valence-corrected chi connectivity index (χ0v) is 12.8. The van der Waals surface area contributed by atoms with Crippen LogP contribution < -0.4 is 10.2 Å². The summed E-state index contributed by atoms with van der Waals surface area (Å²) < 4.78 is 2.18. The first-order valence-corrected chi connectivity index (χ1v) is 7.91. The first kappa shape index (κ1) is 14.1. The van der Waals surface area contributed by atoms with Crippen LogP contribution in [0.15, 0.2) is 36.8 Å². The van der Waals surface area contributed by atoms with Crippen molar-refractivity contribution in [1.82, 2.24) is 14.9 Å². The van der Waals surface area contributed by atoms with Gasteiger partial charge in [-0.3, -0.25) is 0 Å². The van der Waals surface area contributed by atoms with Crippen molar-refractivity contribution in [2.45, 2.75) is 32.9 Å². The van der Waals surface area contributed by atoms with E-state index in [1.807, 2.05) is 12.5 Å². The van der Waals surface area contributed by atoms with Crippen LogP contribution in [0.25, 0.3) is 0 Å². The number of aromatic nitrogens is 2. The normalized spacial score (nSPS) is 13.7. The molecule has 0 spiro atoms. The summed E-state index contributed by atoms with van der Waals surface area (Å²) in [5.41, 5.74) is 4.20. The average Bonchev–Trinajstić information content (AvgIpc) is 3.13. The molecule has 0 radical (unpaired) electrons. The number of imidazole rings is 1. The molecule has 1 N–H and O–H groups in total. The predicted octanol–water partition coefficient (Wildman–Crippen LogP) is 2.45. The Morgan fingerprint density at radius 1 is 1.29 bits per heavy atom. The summed E-state index contributed by atoms with van der Waals surface area (Å²) in [6, 6.07) is 8.77. The number of para-hydroxylation sites is 1. The van der Waals surface area contributed by atoms with Crippen LogP contribution in [-0.4, -0.2) is 29.2 Å². The van der Waals surface area contributed by atoms with Crippen molar-refractivity contribution < 1.29 is 0 Å². The minimum atomic E-state index is 0.907. The van der Waals surface area contributed by atoms with E-state index >= 15 is 0 Å². The Hall–Kier alpha value is -1.81. The van der Waals surface area contributed by atoms with Crippen molar-refractivity contribution in [3.8, 4) is 0 Å². The van der Waals surface area contributed by atoms with E-state index in [0.717, 1.165) is 26.2 Å². The van der Waals surface area contributed by atoms with Gasteiger partial charge in [0.05, 0.1) is 12.0 Å². The van der Waals surface area contributed by atoms with Gasteiger partial charge in [-0.15, -0.1) is 0 Å². The van der Waals surface area contributed by atoms with Gasteiger partial charge < -0.3 is 14.8 Å². The van der Waals surface area contributed by atoms with Gasteiger partial charge in [-0.1, -0.05) is 18.2 Å². The largest absolute Gasteiger partial charge is 0.371 e. The van der Waals surface area contributed by atoms with Gasteiger partial charge in [0.25, 0.3) is 0 Å². The second kappa shape index (κ2) is 6.76. The van der Waals surface area contributed by atoms with Gasteiger partial charge in [0, 0.05) is 38.1 Å². The molecule has 1 aliphatic rings. The number of hydrogen-bond donors (Lipinski definition) is 1. The lowest BCUT2D eigenvalue weighted by Crippen LogP contribution is -2.26. The summed E-state index contributed by atoms with van der Waals surface area (Å²) in [6.45, 7) is 7.40. The first-order valence-electron chi connectivity index (χ1n) is 7.91. The Morgan fingerprint density at radius 2 is 2.19 bits per heavy atom. The maximum atomic E-state index is 4.19. The van der Waals surface area contributed by atoms with Crippen molar-refractivity contribution in [1.29, 1.82) is 0 Å². The van der Waals surface area contributed by atoms with Crippen molar-refractivity contribution in [2.75, 3.05) is 24.5 Å². The van der Waals surface area contributed by atoms with Gasteiger partial charge in [-0.25, -0.2) is 4.98 Å². The van der Waals surface area contributed by atoms with E-state index in [0.29, 0.717) is 0 Å². The molecular weight excluding hydrogens is 260 g/mol. The standard InChI is InChI=1S/C17H24N4/c1-2-20-14-19-13-16(20)12-18-9-5-10-21-11-8-15-6-3-4-7-17(15)21/h3-4,6-7,13-14,18H,2,5,8-12H2,1H3. The molecule has 21 heavy (non-hydrogen) atoms. The summed E-state index contributed by atoms with van der Waals surface area (Å²) in [7, 11) is 0. The van der Waals surface area contributed by atoms with E-state index in [9.17, 15) is 0 Å². The smallest absolute Gasteiger partial charge is 0.0948 e. The fourth-order valence-electron chi connectivity index (χ4n) is 3.03. The van der Waals surface area contributed by atoms with E-state index in [1.165, 1.54) is 36.3 Å².